The number of nitrogens with one attached hydrogen (secondary N) is 1. The Hall–Kier alpha value is -0.110. The highest BCUT2D eigenvalue weighted by atomic mass is 79.9. The predicted octanol–water partition coefficient (Wildman–Crippen LogP) is 3.15. The molecule has 1 aliphatic rings. The van der Waals surface area contributed by atoms with Crippen LogP contribution in [0, 0.1) is 5.82 Å². The molecule has 0 saturated heterocycles. The third-order valence-electron chi connectivity index (χ3n) is 3.25. The van der Waals surface area contributed by atoms with Crippen molar-refractivity contribution in [2.24, 2.45) is 0 Å². The summed E-state index contributed by atoms with van der Waals surface area (Å²) in [4.78, 5) is 0.0839. The zero-order chi connectivity index (χ0) is 14.0. The molecule has 1 fully saturated rings. The van der Waals surface area contributed by atoms with Crippen molar-refractivity contribution < 1.29 is 12.8 Å². The molecule has 1 aromatic rings. The quantitative estimate of drug-likeness (QED) is 0.888. The fourth-order valence-electron chi connectivity index (χ4n) is 2.30. The molecule has 0 aliphatic heterocycles. The van der Waals surface area contributed by atoms with Gasteiger partial charge in [-0.2, -0.15) is 11.8 Å². The lowest BCUT2D eigenvalue weighted by Gasteiger charge is -2.19. The van der Waals surface area contributed by atoms with E-state index in [4.69, 9.17) is 0 Å². The molecule has 19 heavy (non-hydrogen) atoms. The molecule has 0 heterocycles. The minimum atomic E-state index is -3.61. The van der Waals surface area contributed by atoms with E-state index in [9.17, 15) is 12.8 Å². The molecule has 2 unspecified atom stereocenters. The van der Waals surface area contributed by atoms with Crippen molar-refractivity contribution in [1.29, 1.82) is 0 Å². The van der Waals surface area contributed by atoms with Gasteiger partial charge in [0.15, 0.2) is 0 Å². The fraction of sp³-hybridized carbons (Fsp3) is 0.500. The Kier molecular flexibility index (Phi) is 4.92. The monoisotopic (exact) mass is 367 g/mol. The minimum absolute atomic E-state index is 0.0445. The maximum atomic E-state index is 13.0. The van der Waals surface area contributed by atoms with E-state index in [2.05, 4.69) is 20.7 Å². The van der Waals surface area contributed by atoms with E-state index in [0.717, 1.165) is 31.4 Å². The molecule has 7 heteroatoms. The summed E-state index contributed by atoms with van der Waals surface area (Å²) in [6, 6.07) is 3.55. The highest BCUT2D eigenvalue weighted by Crippen LogP contribution is 2.30. The number of benzene rings is 1. The first-order valence-corrected chi connectivity index (χ1v) is 9.50. The van der Waals surface area contributed by atoms with Crippen molar-refractivity contribution in [1.82, 2.24) is 4.72 Å². The molecule has 1 N–H and O–H groups in total. The Balaban J connectivity index is 2.23. The smallest absolute Gasteiger partial charge is 0.207 e. The van der Waals surface area contributed by atoms with Crippen molar-refractivity contribution >= 4 is 37.7 Å². The van der Waals surface area contributed by atoms with Crippen LogP contribution in [0.4, 0.5) is 4.39 Å². The highest BCUT2D eigenvalue weighted by Gasteiger charge is 2.31. The van der Waals surface area contributed by atoms with Crippen LogP contribution in [0.1, 0.15) is 19.3 Å². The van der Waals surface area contributed by atoms with Gasteiger partial charge in [-0.05, 0) is 53.2 Å². The topological polar surface area (TPSA) is 46.2 Å². The third-order valence-corrected chi connectivity index (χ3v) is 6.88. The maximum absolute atomic E-state index is 13.0. The van der Waals surface area contributed by atoms with Crippen molar-refractivity contribution in [2.45, 2.75) is 35.4 Å². The second-order valence-electron chi connectivity index (χ2n) is 4.51. The van der Waals surface area contributed by atoms with Gasteiger partial charge in [0.05, 0.1) is 4.90 Å². The number of halogens is 2. The summed E-state index contributed by atoms with van der Waals surface area (Å²) in [6.45, 7) is 0. The van der Waals surface area contributed by atoms with Crippen molar-refractivity contribution in [2.75, 3.05) is 6.26 Å². The molecule has 1 saturated carbocycles. The molecule has 0 amide bonds. The first-order valence-electron chi connectivity index (χ1n) is 5.94. The average molecular weight is 368 g/mol. The lowest BCUT2D eigenvalue weighted by Crippen LogP contribution is -2.38. The molecule has 0 spiro atoms. The minimum Gasteiger partial charge on any atom is -0.207 e. The Morgan fingerprint density at radius 2 is 2.16 bits per heavy atom. The molecule has 0 aromatic heterocycles. The summed E-state index contributed by atoms with van der Waals surface area (Å²) >= 11 is 4.78. The van der Waals surface area contributed by atoms with Gasteiger partial charge in [0.25, 0.3) is 0 Å². The Morgan fingerprint density at radius 1 is 1.42 bits per heavy atom. The zero-order valence-corrected chi connectivity index (χ0v) is 13.6. The van der Waals surface area contributed by atoms with Gasteiger partial charge in [0.1, 0.15) is 5.82 Å². The molecule has 2 rings (SSSR count). The largest absolute Gasteiger partial charge is 0.241 e. The van der Waals surface area contributed by atoms with E-state index in [1.54, 1.807) is 11.8 Å². The summed E-state index contributed by atoms with van der Waals surface area (Å²) in [6.07, 6.45) is 4.90. The van der Waals surface area contributed by atoms with E-state index < -0.39 is 15.8 Å². The number of sulfonamides is 1. The van der Waals surface area contributed by atoms with Crippen LogP contribution < -0.4 is 4.72 Å². The van der Waals surface area contributed by atoms with E-state index in [1.165, 1.54) is 6.07 Å². The summed E-state index contributed by atoms with van der Waals surface area (Å²) in [5.74, 6) is -0.464. The molecule has 106 valence electrons. The summed E-state index contributed by atoms with van der Waals surface area (Å²) < 4.78 is 40.6. The van der Waals surface area contributed by atoms with Gasteiger partial charge in [-0.25, -0.2) is 17.5 Å². The number of thioether (sulfide) groups is 1. The van der Waals surface area contributed by atoms with Gasteiger partial charge in [-0.15, -0.1) is 0 Å². The first kappa shape index (κ1) is 15.3. The normalized spacial score (nSPS) is 23.7. The summed E-state index contributed by atoms with van der Waals surface area (Å²) in [7, 11) is -3.61. The van der Waals surface area contributed by atoms with Crippen LogP contribution >= 0.6 is 27.7 Å². The van der Waals surface area contributed by atoms with Gasteiger partial charge in [0, 0.05) is 15.8 Å². The number of rotatable bonds is 4. The van der Waals surface area contributed by atoms with Crippen LogP contribution in [0.15, 0.2) is 27.6 Å². The van der Waals surface area contributed by atoms with Crippen molar-refractivity contribution in [3.05, 3.63) is 28.5 Å². The third kappa shape index (κ3) is 3.51. The predicted molar refractivity (Wildman–Crippen MR) is 79.4 cm³/mol. The highest BCUT2D eigenvalue weighted by molar-refractivity contribution is 9.10. The number of hydrogen-bond donors (Lipinski definition) is 1. The van der Waals surface area contributed by atoms with Gasteiger partial charge < -0.3 is 0 Å². The molecule has 3 nitrogen and oxygen atoms in total. The summed E-state index contributed by atoms with van der Waals surface area (Å²) in [5, 5.41) is 0.314. The van der Waals surface area contributed by atoms with Crippen LogP contribution in [-0.4, -0.2) is 26.0 Å². The lowest BCUT2D eigenvalue weighted by molar-refractivity contribution is 0.554. The molecule has 0 bridgehead atoms. The first-order chi connectivity index (χ1) is 8.94. The maximum Gasteiger partial charge on any atom is 0.241 e. The number of hydrogen-bond acceptors (Lipinski definition) is 3. The van der Waals surface area contributed by atoms with Crippen LogP contribution in [-0.2, 0) is 10.0 Å². The summed E-state index contributed by atoms with van der Waals surface area (Å²) in [5.41, 5.74) is 0. The van der Waals surface area contributed by atoms with Crippen LogP contribution in [0.2, 0.25) is 0 Å². The lowest BCUT2D eigenvalue weighted by atomic mass is 10.3. The Morgan fingerprint density at radius 3 is 2.79 bits per heavy atom. The molecule has 2 atom stereocenters. The molecule has 0 radical (unpaired) electrons. The Labute approximate surface area is 125 Å². The molecular weight excluding hydrogens is 353 g/mol. The van der Waals surface area contributed by atoms with E-state index in [1.807, 2.05) is 6.26 Å². The van der Waals surface area contributed by atoms with Crippen LogP contribution in [0.5, 0.6) is 0 Å². The fourth-order valence-corrected chi connectivity index (χ4v) is 5.68. The van der Waals surface area contributed by atoms with E-state index >= 15 is 0 Å². The molecular formula is C12H15BrFNO2S2. The van der Waals surface area contributed by atoms with E-state index in [0.29, 0.717) is 5.25 Å². The van der Waals surface area contributed by atoms with Gasteiger partial charge >= 0.3 is 0 Å². The average Bonchev–Trinajstić information content (AvgIpc) is 2.74. The van der Waals surface area contributed by atoms with Gasteiger partial charge in [-0.1, -0.05) is 6.42 Å². The van der Waals surface area contributed by atoms with Crippen LogP contribution in [0.3, 0.4) is 0 Å². The van der Waals surface area contributed by atoms with Crippen LogP contribution in [0.25, 0.3) is 0 Å². The SMILES string of the molecule is CSC1CCCC1NS(=O)(=O)c1ccc(F)cc1Br. The van der Waals surface area contributed by atoms with Crippen molar-refractivity contribution in [3.8, 4) is 0 Å². The second kappa shape index (κ2) is 6.11. The van der Waals surface area contributed by atoms with Gasteiger partial charge in [0.2, 0.25) is 10.0 Å². The zero-order valence-electron chi connectivity index (χ0n) is 10.4. The van der Waals surface area contributed by atoms with Crippen molar-refractivity contribution in [3.63, 3.8) is 0 Å². The van der Waals surface area contributed by atoms with E-state index in [-0.39, 0.29) is 15.4 Å². The Bertz CT molecular complexity index is 565. The molecule has 1 aliphatic carbocycles. The standard InChI is InChI=1S/C12H15BrFNO2S2/c1-18-11-4-2-3-10(11)15-19(16,17)12-6-5-8(14)7-9(12)13/h5-7,10-11,15H,2-4H2,1H3. The second-order valence-corrected chi connectivity index (χ2v) is 8.12. The van der Waals surface area contributed by atoms with Gasteiger partial charge in [-0.3, -0.25) is 0 Å². The molecule has 1 aromatic carbocycles.